The van der Waals surface area contributed by atoms with E-state index in [1.807, 2.05) is 21.1 Å². The predicted octanol–water partition coefficient (Wildman–Crippen LogP) is 0.769. The molecule has 0 aliphatic heterocycles. The minimum atomic E-state index is -0.321. The third-order valence-electron chi connectivity index (χ3n) is 0.931. The average molecular weight is 158 g/mol. The van der Waals surface area contributed by atoms with Crippen molar-refractivity contribution in [2.45, 2.75) is 6.92 Å². The van der Waals surface area contributed by atoms with Gasteiger partial charge in [0, 0.05) is 5.57 Å². The van der Waals surface area contributed by atoms with Crippen LogP contribution in [-0.2, 0) is 9.53 Å². The first kappa shape index (κ1) is 10.2. The van der Waals surface area contributed by atoms with Gasteiger partial charge in [0.25, 0.3) is 0 Å². The minimum absolute atomic E-state index is 0.321. The van der Waals surface area contributed by atoms with Crippen LogP contribution in [0, 0.1) is 0 Å². The summed E-state index contributed by atoms with van der Waals surface area (Å²) in [7, 11) is 5.85. The van der Waals surface area contributed by atoms with E-state index in [1.54, 1.807) is 6.92 Å². The summed E-state index contributed by atoms with van der Waals surface area (Å²) in [5, 5.41) is 0. The molecule has 3 nitrogen and oxygen atoms in total. The van der Waals surface area contributed by atoms with E-state index in [-0.39, 0.29) is 5.97 Å². The normalized spacial score (nSPS) is 10.9. The van der Waals surface area contributed by atoms with Crippen LogP contribution < -0.4 is 0 Å². The van der Waals surface area contributed by atoms with Crippen LogP contribution >= 0.6 is 0 Å². The molecule has 0 rings (SSSR count). The molecule has 0 radical (unpaired) electrons. The van der Waals surface area contributed by atoms with Gasteiger partial charge in [-0.15, -0.1) is 0 Å². The fourth-order valence-corrected chi connectivity index (χ4v) is 0.375. The highest BCUT2D eigenvalue weighted by Gasteiger charge is 2.10. The van der Waals surface area contributed by atoms with Gasteiger partial charge in [-0.3, -0.25) is 4.48 Å². The van der Waals surface area contributed by atoms with Crippen LogP contribution in [0.1, 0.15) is 6.92 Å². The van der Waals surface area contributed by atoms with Crippen LogP contribution in [0.15, 0.2) is 12.2 Å². The zero-order chi connectivity index (χ0) is 9.07. The summed E-state index contributed by atoms with van der Waals surface area (Å²) in [6.45, 7) is 5.49. The molecule has 0 aromatic rings. The molecule has 3 heteroatoms. The van der Waals surface area contributed by atoms with Gasteiger partial charge in [-0.25, -0.2) is 4.79 Å². The van der Waals surface area contributed by atoms with Gasteiger partial charge in [0.2, 0.25) is 6.73 Å². The Labute approximate surface area is 67.8 Å². The lowest BCUT2D eigenvalue weighted by Crippen LogP contribution is -2.37. The van der Waals surface area contributed by atoms with E-state index in [1.165, 1.54) is 0 Å². The Balaban J connectivity index is 3.73. The molecular weight excluding hydrogens is 142 g/mol. The van der Waals surface area contributed by atoms with E-state index < -0.39 is 0 Å². The zero-order valence-electron chi connectivity index (χ0n) is 7.68. The highest BCUT2D eigenvalue weighted by molar-refractivity contribution is 5.86. The quantitative estimate of drug-likeness (QED) is 0.262. The maximum atomic E-state index is 10.9. The number of ether oxygens (including phenoxy) is 1. The number of hydrogen-bond donors (Lipinski definition) is 0. The van der Waals surface area contributed by atoms with E-state index in [0.717, 1.165) is 0 Å². The Bertz CT molecular complexity index is 167. The van der Waals surface area contributed by atoms with Crippen molar-refractivity contribution in [3.05, 3.63) is 12.2 Å². The van der Waals surface area contributed by atoms with Crippen molar-refractivity contribution in [2.24, 2.45) is 0 Å². The lowest BCUT2D eigenvalue weighted by molar-refractivity contribution is -0.888. The molecule has 64 valence electrons. The van der Waals surface area contributed by atoms with E-state index in [2.05, 4.69) is 6.58 Å². The molecular formula is C8H16NO2+. The van der Waals surface area contributed by atoms with Crippen molar-refractivity contribution >= 4 is 5.97 Å². The maximum absolute atomic E-state index is 10.9. The molecule has 0 aliphatic carbocycles. The second-order valence-electron chi connectivity index (χ2n) is 3.63. The van der Waals surface area contributed by atoms with E-state index in [9.17, 15) is 4.79 Å². The van der Waals surface area contributed by atoms with Gasteiger partial charge in [0.05, 0.1) is 21.1 Å². The topological polar surface area (TPSA) is 26.3 Å². The SMILES string of the molecule is C=C(C)C(=O)OC[N+](C)(C)C. The molecule has 0 fully saturated rings. The molecule has 0 bridgehead atoms. The van der Waals surface area contributed by atoms with Gasteiger partial charge >= 0.3 is 5.97 Å². The molecule has 11 heavy (non-hydrogen) atoms. The highest BCUT2D eigenvalue weighted by Crippen LogP contribution is 1.96. The summed E-state index contributed by atoms with van der Waals surface area (Å²) in [5.41, 5.74) is 0.443. The molecule has 0 heterocycles. The summed E-state index contributed by atoms with van der Waals surface area (Å²) in [6, 6.07) is 0. The molecule has 0 aliphatic rings. The Morgan fingerprint density at radius 2 is 1.91 bits per heavy atom. The van der Waals surface area contributed by atoms with Crippen LogP contribution in [-0.4, -0.2) is 38.3 Å². The molecule has 0 N–H and O–H groups in total. The van der Waals surface area contributed by atoms with E-state index in [0.29, 0.717) is 16.8 Å². The highest BCUT2D eigenvalue weighted by atomic mass is 16.5. The largest absolute Gasteiger partial charge is 0.412 e. The van der Waals surface area contributed by atoms with Crippen molar-refractivity contribution in [3.8, 4) is 0 Å². The van der Waals surface area contributed by atoms with E-state index in [4.69, 9.17) is 4.74 Å². The molecule has 0 unspecified atom stereocenters. The molecule has 0 atom stereocenters. The fourth-order valence-electron chi connectivity index (χ4n) is 0.375. The summed E-state index contributed by atoms with van der Waals surface area (Å²) >= 11 is 0. The van der Waals surface area contributed by atoms with Gasteiger partial charge in [-0.05, 0) is 6.92 Å². The summed E-state index contributed by atoms with van der Waals surface area (Å²) in [4.78, 5) is 10.9. The lowest BCUT2D eigenvalue weighted by Gasteiger charge is -2.22. The molecule has 0 saturated carbocycles. The van der Waals surface area contributed by atoms with Gasteiger partial charge in [0.15, 0.2) is 0 Å². The summed E-state index contributed by atoms with van der Waals surface area (Å²) in [5.74, 6) is -0.321. The van der Waals surface area contributed by atoms with Gasteiger partial charge in [-0.2, -0.15) is 0 Å². The summed E-state index contributed by atoms with van der Waals surface area (Å²) < 4.78 is 5.51. The fraction of sp³-hybridized carbons (Fsp3) is 0.625. The van der Waals surface area contributed by atoms with Crippen molar-refractivity contribution in [2.75, 3.05) is 27.9 Å². The van der Waals surface area contributed by atoms with Crippen LogP contribution in [0.4, 0.5) is 0 Å². The Hall–Kier alpha value is -0.830. The number of carbonyl (C=O) groups is 1. The number of carbonyl (C=O) groups excluding carboxylic acids is 1. The Morgan fingerprint density at radius 3 is 2.18 bits per heavy atom. The third-order valence-corrected chi connectivity index (χ3v) is 0.931. The van der Waals surface area contributed by atoms with Gasteiger partial charge in [-0.1, -0.05) is 6.58 Å². The van der Waals surface area contributed by atoms with Gasteiger partial charge in [0.1, 0.15) is 0 Å². The second kappa shape index (κ2) is 3.53. The summed E-state index contributed by atoms with van der Waals surface area (Å²) in [6.07, 6.45) is 0. The lowest BCUT2D eigenvalue weighted by atomic mass is 10.4. The van der Waals surface area contributed by atoms with Crippen molar-refractivity contribution in [1.29, 1.82) is 0 Å². The molecule has 0 aromatic carbocycles. The Morgan fingerprint density at radius 1 is 1.45 bits per heavy atom. The maximum Gasteiger partial charge on any atom is 0.337 e. The van der Waals surface area contributed by atoms with Crippen LogP contribution in [0.25, 0.3) is 0 Å². The van der Waals surface area contributed by atoms with Crippen LogP contribution in [0.5, 0.6) is 0 Å². The predicted molar refractivity (Wildman–Crippen MR) is 43.8 cm³/mol. The zero-order valence-corrected chi connectivity index (χ0v) is 7.68. The first-order valence-electron chi connectivity index (χ1n) is 3.46. The van der Waals surface area contributed by atoms with Crippen LogP contribution in [0.2, 0.25) is 0 Å². The van der Waals surface area contributed by atoms with Gasteiger partial charge < -0.3 is 4.74 Å². The number of nitrogens with zero attached hydrogens (tertiary/aromatic N) is 1. The monoisotopic (exact) mass is 158 g/mol. The first-order chi connectivity index (χ1) is 4.83. The molecule has 0 spiro atoms. The molecule has 0 saturated heterocycles. The third kappa shape index (κ3) is 5.61. The standard InChI is InChI=1S/C8H16NO2/c1-7(2)8(10)11-6-9(3,4)5/h1,6H2,2-5H3/q+1. The molecule has 0 amide bonds. The van der Waals surface area contributed by atoms with Crippen molar-refractivity contribution in [3.63, 3.8) is 0 Å². The number of hydrogen-bond acceptors (Lipinski definition) is 2. The smallest absolute Gasteiger partial charge is 0.337 e. The molecule has 0 aromatic heterocycles. The van der Waals surface area contributed by atoms with Crippen molar-refractivity contribution in [1.82, 2.24) is 0 Å². The average Bonchev–Trinajstić information content (AvgIpc) is 1.80. The minimum Gasteiger partial charge on any atom is -0.412 e. The number of esters is 1. The van der Waals surface area contributed by atoms with Crippen LogP contribution in [0.3, 0.4) is 0 Å². The first-order valence-corrected chi connectivity index (χ1v) is 3.46. The number of quaternary nitrogens is 1. The number of rotatable bonds is 3. The van der Waals surface area contributed by atoms with E-state index >= 15 is 0 Å². The van der Waals surface area contributed by atoms with Crippen molar-refractivity contribution < 1.29 is 14.0 Å². The second-order valence-corrected chi connectivity index (χ2v) is 3.63. The Kier molecular flexibility index (Phi) is 3.26.